The number of thiazole rings is 1. The molecule has 2 heterocycles. The molecule has 3 aromatic rings. The van der Waals surface area contributed by atoms with Crippen LogP contribution in [0.5, 0.6) is 11.5 Å². The lowest BCUT2D eigenvalue weighted by Crippen LogP contribution is -2.36. The van der Waals surface area contributed by atoms with Gasteiger partial charge in [-0.1, -0.05) is 18.2 Å². The van der Waals surface area contributed by atoms with Crippen LogP contribution in [-0.2, 0) is 16.0 Å². The Morgan fingerprint density at radius 1 is 1.13 bits per heavy atom. The molecular weight excluding hydrogens is 414 g/mol. The summed E-state index contributed by atoms with van der Waals surface area (Å²) in [6, 6.07) is 13.5. The van der Waals surface area contributed by atoms with E-state index < -0.39 is 0 Å². The van der Waals surface area contributed by atoms with Gasteiger partial charge in [0.25, 0.3) is 0 Å². The predicted octanol–water partition coefficient (Wildman–Crippen LogP) is 3.85. The lowest BCUT2D eigenvalue weighted by molar-refractivity contribution is -0.115. The first-order valence-corrected chi connectivity index (χ1v) is 10.9. The summed E-state index contributed by atoms with van der Waals surface area (Å²) in [4.78, 5) is 19.6. The van der Waals surface area contributed by atoms with Crippen molar-refractivity contribution in [1.82, 2.24) is 4.98 Å². The molecule has 8 heteroatoms. The van der Waals surface area contributed by atoms with Crippen molar-refractivity contribution in [3.05, 3.63) is 53.5 Å². The van der Waals surface area contributed by atoms with Gasteiger partial charge in [-0.25, -0.2) is 4.98 Å². The normalized spacial score (nSPS) is 13.7. The van der Waals surface area contributed by atoms with Crippen LogP contribution in [0.3, 0.4) is 0 Å². The van der Waals surface area contributed by atoms with E-state index in [4.69, 9.17) is 14.2 Å². The van der Waals surface area contributed by atoms with Crippen molar-refractivity contribution in [2.75, 3.05) is 50.7 Å². The van der Waals surface area contributed by atoms with Crippen LogP contribution < -0.4 is 19.7 Å². The number of methoxy groups -OCH3 is 2. The maximum atomic E-state index is 12.8. The van der Waals surface area contributed by atoms with Gasteiger partial charge in [0.15, 0.2) is 11.5 Å². The molecule has 1 fully saturated rings. The summed E-state index contributed by atoms with van der Waals surface area (Å²) in [6.07, 6.45) is 0.195. The van der Waals surface area contributed by atoms with Gasteiger partial charge in [0.2, 0.25) is 5.91 Å². The van der Waals surface area contributed by atoms with E-state index in [1.54, 1.807) is 14.2 Å². The summed E-state index contributed by atoms with van der Waals surface area (Å²) >= 11 is 1.48. The highest BCUT2D eigenvalue weighted by molar-refractivity contribution is 7.13. The third-order valence-corrected chi connectivity index (χ3v) is 5.98. The molecule has 0 radical (unpaired) electrons. The molecule has 1 saturated heterocycles. The lowest BCUT2D eigenvalue weighted by atomic mass is 10.2. The van der Waals surface area contributed by atoms with E-state index in [9.17, 15) is 4.79 Å². The Kier molecular flexibility index (Phi) is 6.69. The van der Waals surface area contributed by atoms with Crippen LogP contribution in [0, 0.1) is 0 Å². The summed E-state index contributed by atoms with van der Waals surface area (Å²) in [5, 5.41) is 5.73. The van der Waals surface area contributed by atoms with Crippen LogP contribution in [-0.4, -0.2) is 51.4 Å². The minimum atomic E-state index is -0.102. The van der Waals surface area contributed by atoms with Crippen molar-refractivity contribution in [3.63, 3.8) is 0 Å². The Bertz CT molecular complexity index is 1050. The van der Waals surface area contributed by atoms with E-state index in [1.807, 2.05) is 47.8 Å². The van der Waals surface area contributed by atoms with Gasteiger partial charge in [-0.05, 0) is 24.3 Å². The number of nitrogens with zero attached hydrogens (tertiary/aromatic N) is 2. The van der Waals surface area contributed by atoms with Crippen LogP contribution in [0.1, 0.15) is 5.69 Å². The zero-order valence-corrected chi connectivity index (χ0v) is 18.4. The second-order valence-electron chi connectivity index (χ2n) is 7.03. The smallest absolute Gasteiger partial charge is 0.230 e. The molecule has 0 aliphatic carbocycles. The highest BCUT2D eigenvalue weighted by Crippen LogP contribution is 2.39. The third kappa shape index (κ3) is 4.81. The molecule has 0 saturated carbocycles. The van der Waals surface area contributed by atoms with E-state index in [2.05, 4.69) is 15.2 Å². The van der Waals surface area contributed by atoms with Crippen molar-refractivity contribution >= 4 is 28.6 Å². The average Bonchev–Trinajstić information content (AvgIpc) is 3.27. The number of nitrogens with one attached hydrogen (secondary N) is 1. The SMILES string of the molecule is COc1cccc(-c2nc(CC(=O)Nc3ccccc3N3CCOCC3)cs2)c1OC. The van der Waals surface area contributed by atoms with Gasteiger partial charge in [0.1, 0.15) is 5.01 Å². The van der Waals surface area contributed by atoms with Crippen molar-refractivity contribution in [2.24, 2.45) is 0 Å². The van der Waals surface area contributed by atoms with Crippen molar-refractivity contribution in [3.8, 4) is 22.1 Å². The third-order valence-electron chi connectivity index (χ3n) is 5.06. The quantitative estimate of drug-likeness (QED) is 0.603. The number of carbonyl (C=O) groups is 1. The fourth-order valence-corrected chi connectivity index (χ4v) is 4.43. The van der Waals surface area contributed by atoms with Gasteiger partial charge in [-0.15, -0.1) is 11.3 Å². The number of benzene rings is 2. The molecule has 0 spiro atoms. The lowest BCUT2D eigenvalue weighted by Gasteiger charge is -2.30. The van der Waals surface area contributed by atoms with Gasteiger partial charge >= 0.3 is 0 Å². The summed E-state index contributed by atoms with van der Waals surface area (Å²) in [6.45, 7) is 3.00. The highest BCUT2D eigenvalue weighted by atomic mass is 32.1. The molecule has 0 atom stereocenters. The first-order chi connectivity index (χ1) is 15.2. The maximum absolute atomic E-state index is 12.8. The molecule has 1 aromatic heterocycles. The predicted molar refractivity (Wildman–Crippen MR) is 122 cm³/mol. The van der Waals surface area contributed by atoms with E-state index >= 15 is 0 Å². The molecule has 0 unspecified atom stereocenters. The fraction of sp³-hybridized carbons (Fsp3) is 0.304. The summed E-state index contributed by atoms with van der Waals surface area (Å²) < 4.78 is 16.3. The molecule has 1 aliphatic heterocycles. The summed E-state index contributed by atoms with van der Waals surface area (Å²) in [5.41, 5.74) is 3.38. The van der Waals surface area contributed by atoms with Crippen LogP contribution in [0.15, 0.2) is 47.8 Å². The number of hydrogen-bond acceptors (Lipinski definition) is 7. The van der Waals surface area contributed by atoms with Crippen LogP contribution in [0.4, 0.5) is 11.4 Å². The molecule has 1 N–H and O–H groups in total. The molecule has 1 aliphatic rings. The van der Waals surface area contributed by atoms with Crippen LogP contribution >= 0.6 is 11.3 Å². The van der Waals surface area contributed by atoms with Gasteiger partial charge in [0, 0.05) is 18.5 Å². The van der Waals surface area contributed by atoms with Crippen molar-refractivity contribution < 1.29 is 19.0 Å². The topological polar surface area (TPSA) is 72.9 Å². The summed E-state index contributed by atoms with van der Waals surface area (Å²) in [7, 11) is 3.21. The maximum Gasteiger partial charge on any atom is 0.230 e. The van der Waals surface area contributed by atoms with Crippen LogP contribution in [0.25, 0.3) is 10.6 Å². The Labute approximate surface area is 185 Å². The monoisotopic (exact) mass is 439 g/mol. The second kappa shape index (κ2) is 9.80. The first kappa shape index (κ1) is 21.1. The van der Waals surface area contributed by atoms with Crippen molar-refractivity contribution in [1.29, 1.82) is 0 Å². The number of aromatic nitrogens is 1. The Hall–Kier alpha value is -3.10. The molecule has 0 bridgehead atoms. The zero-order valence-electron chi connectivity index (χ0n) is 17.6. The van der Waals surface area contributed by atoms with Gasteiger partial charge in [-0.3, -0.25) is 4.79 Å². The Balaban J connectivity index is 1.47. The number of hydrogen-bond donors (Lipinski definition) is 1. The number of amides is 1. The highest BCUT2D eigenvalue weighted by Gasteiger charge is 2.18. The molecule has 1 amide bonds. The Morgan fingerprint density at radius 3 is 2.71 bits per heavy atom. The van der Waals surface area contributed by atoms with E-state index in [0.29, 0.717) is 30.4 Å². The number of para-hydroxylation sites is 3. The second-order valence-corrected chi connectivity index (χ2v) is 7.88. The van der Waals surface area contributed by atoms with E-state index in [-0.39, 0.29) is 12.3 Å². The molecule has 4 rings (SSSR count). The minimum absolute atomic E-state index is 0.102. The minimum Gasteiger partial charge on any atom is -0.493 e. The molecule has 162 valence electrons. The van der Waals surface area contributed by atoms with Crippen LogP contribution in [0.2, 0.25) is 0 Å². The van der Waals surface area contributed by atoms with E-state index in [1.165, 1.54) is 11.3 Å². The summed E-state index contributed by atoms with van der Waals surface area (Å²) in [5.74, 6) is 1.18. The van der Waals surface area contributed by atoms with Gasteiger partial charge in [0.05, 0.1) is 56.5 Å². The van der Waals surface area contributed by atoms with Gasteiger partial charge in [-0.2, -0.15) is 0 Å². The zero-order chi connectivity index (χ0) is 21.6. The Morgan fingerprint density at radius 2 is 1.94 bits per heavy atom. The number of carbonyl (C=O) groups excluding carboxylic acids is 1. The van der Waals surface area contributed by atoms with Crippen molar-refractivity contribution in [2.45, 2.75) is 6.42 Å². The average molecular weight is 440 g/mol. The number of ether oxygens (including phenoxy) is 3. The molecule has 7 nitrogen and oxygen atoms in total. The first-order valence-electron chi connectivity index (χ1n) is 10.1. The number of anilines is 2. The largest absolute Gasteiger partial charge is 0.493 e. The fourth-order valence-electron chi connectivity index (χ4n) is 3.59. The standard InChI is InChI=1S/C23H25N3O4S/c1-28-20-9-5-6-17(22(20)29-2)23-24-16(15-31-23)14-21(27)25-18-7-3-4-8-19(18)26-10-12-30-13-11-26/h3-9,15H,10-14H2,1-2H3,(H,25,27). The van der Waals surface area contributed by atoms with E-state index in [0.717, 1.165) is 35.0 Å². The molecular formula is C23H25N3O4S. The number of rotatable bonds is 7. The number of morpholine rings is 1. The van der Waals surface area contributed by atoms with Gasteiger partial charge < -0.3 is 24.4 Å². The molecule has 2 aromatic carbocycles. The molecule has 31 heavy (non-hydrogen) atoms.